The molecule has 0 aliphatic heterocycles. The minimum Gasteiger partial charge on any atom is -0.477 e. The molecule has 0 bridgehead atoms. The van der Waals surface area contributed by atoms with Crippen LogP contribution >= 0.6 is 11.5 Å². The van der Waals surface area contributed by atoms with Gasteiger partial charge in [0, 0.05) is 13.1 Å². The molecule has 134 valence electrons. The molecule has 0 saturated heterocycles. The summed E-state index contributed by atoms with van der Waals surface area (Å²) in [6.07, 6.45) is -2.91. The van der Waals surface area contributed by atoms with Gasteiger partial charge in [-0.05, 0) is 22.7 Å². The predicted molar refractivity (Wildman–Crippen MR) is 96.8 cm³/mol. The topological polar surface area (TPSA) is 53.4 Å². The first kappa shape index (κ1) is 18.0. The molecule has 0 amide bonds. The smallest absolute Gasteiger partial charge is 0.348 e. The van der Waals surface area contributed by atoms with Crippen LogP contribution in [0.4, 0.5) is 14.6 Å². The maximum Gasteiger partial charge on any atom is 0.348 e. The fourth-order valence-electron chi connectivity index (χ4n) is 2.68. The van der Waals surface area contributed by atoms with Crippen LogP contribution in [-0.4, -0.2) is 15.4 Å². The Labute approximate surface area is 153 Å². The molecule has 26 heavy (non-hydrogen) atoms. The molecule has 0 aliphatic rings. The van der Waals surface area contributed by atoms with Crippen LogP contribution in [0.5, 0.6) is 0 Å². The lowest BCUT2D eigenvalue weighted by Gasteiger charge is -2.24. The van der Waals surface area contributed by atoms with Gasteiger partial charge < -0.3 is 10.0 Å². The van der Waals surface area contributed by atoms with Crippen molar-refractivity contribution in [2.45, 2.75) is 19.5 Å². The van der Waals surface area contributed by atoms with E-state index in [9.17, 15) is 18.7 Å². The third kappa shape index (κ3) is 4.05. The number of hydrogen-bond acceptors (Lipinski definition) is 4. The van der Waals surface area contributed by atoms with Gasteiger partial charge in [0.1, 0.15) is 4.88 Å². The van der Waals surface area contributed by atoms with E-state index in [1.807, 2.05) is 60.7 Å². The van der Waals surface area contributed by atoms with Crippen molar-refractivity contribution >= 4 is 23.3 Å². The molecule has 0 unspecified atom stereocenters. The van der Waals surface area contributed by atoms with Crippen molar-refractivity contribution in [1.29, 1.82) is 0 Å². The molecular weight excluding hydrogens is 358 g/mol. The molecule has 0 radical (unpaired) electrons. The highest BCUT2D eigenvalue weighted by atomic mass is 32.1. The first-order valence-corrected chi connectivity index (χ1v) is 8.67. The summed E-state index contributed by atoms with van der Waals surface area (Å²) in [5.41, 5.74) is 1.33. The number of nitrogens with zero attached hydrogens (tertiary/aromatic N) is 2. The van der Waals surface area contributed by atoms with Crippen molar-refractivity contribution in [2.24, 2.45) is 0 Å². The highest BCUT2D eigenvalue weighted by Crippen LogP contribution is 2.36. The molecule has 1 heterocycles. The summed E-state index contributed by atoms with van der Waals surface area (Å²) in [7, 11) is 0. The van der Waals surface area contributed by atoms with Gasteiger partial charge in [0.25, 0.3) is 6.43 Å². The maximum absolute atomic E-state index is 13.6. The van der Waals surface area contributed by atoms with Gasteiger partial charge in [-0.25, -0.2) is 13.6 Å². The highest BCUT2D eigenvalue weighted by Gasteiger charge is 2.29. The number of halogens is 2. The lowest BCUT2D eigenvalue weighted by molar-refractivity contribution is 0.0691. The Bertz CT molecular complexity index is 828. The predicted octanol–water partition coefficient (Wildman–Crippen LogP) is 4.99. The number of anilines is 1. The SMILES string of the molecule is O=C(O)c1snc(N(Cc2ccccc2)Cc2ccccc2)c1C(F)F. The Balaban J connectivity index is 2.01. The third-order valence-corrected chi connectivity index (χ3v) is 4.69. The summed E-state index contributed by atoms with van der Waals surface area (Å²) < 4.78 is 31.3. The molecular formula is C19H16F2N2O2S. The molecule has 7 heteroatoms. The number of benzene rings is 2. The number of carboxylic acids is 1. The molecule has 0 saturated carbocycles. The average Bonchev–Trinajstić information content (AvgIpc) is 3.08. The first-order valence-electron chi connectivity index (χ1n) is 7.90. The van der Waals surface area contributed by atoms with E-state index in [0.29, 0.717) is 24.6 Å². The van der Waals surface area contributed by atoms with Gasteiger partial charge >= 0.3 is 5.97 Å². The molecule has 0 atom stereocenters. The van der Waals surface area contributed by atoms with E-state index < -0.39 is 22.8 Å². The molecule has 3 aromatic rings. The minimum absolute atomic E-state index is 0.0232. The van der Waals surface area contributed by atoms with Crippen molar-refractivity contribution in [1.82, 2.24) is 4.37 Å². The number of aromatic carboxylic acids is 1. The fourth-order valence-corrected chi connectivity index (χ4v) is 3.43. The second kappa shape index (κ2) is 8.05. The van der Waals surface area contributed by atoms with Crippen LogP contribution < -0.4 is 4.90 Å². The van der Waals surface area contributed by atoms with Crippen molar-refractivity contribution in [2.75, 3.05) is 4.90 Å². The number of hydrogen-bond donors (Lipinski definition) is 1. The van der Waals surface area contributed by atoms with Crippen molar-refractivity contribution in [3.63, 3.8) is 0 Å². The summed E-state index contributed by atoms with van der Waals surface area (Å²) in [5.74, 6) is -1.36. The van der Waals surface area contributed by atoms with E-state index in [0.717, 1.165) is 11.1 Å². The number of carboxylic acid groups (broad SMARTS) is 1. The molecule has 4 nitrogen and oxygen atoms in total. The largest absolute Gasteiger partial charge is 0.477 e. The molecule has 1 aromatic heterocycles. The number of aromatic nitrogens is 1. The van der Waals surface area contributed by atoms with Gasteiger partial charge in [0.05, 0.1) is 5.56 Å². The molecule has 3 rings (SSSR count). The second-order valence-corrected chi connectivity index (χ2v) is 6.46. The zero-order valence-electron chi connectivity index (χ0n) is 13.7. The number of rotatable bonds is 7. The van der Waals surface area contributed by atoms with Crippen LogP contribution in [0.15, 0.2) is 60.7 Å². The fraction of sp³-hybridized carbons (Fsp3) is 0.158. The Kier molecular flexibility index (Phi) is 5.58. The number of alkyl halides is 2. The van der Waals surface area contributed by atoms with Gasteiger partial charge in [-0.15, -0.1) is 0 Å². The summed E-state index contributed by atoms with van der Waals surface area (Å²) in [6, 6.07) is 18.8. The van der Waals surface area contributed by atoms with Gasteiger partial charge in [-0.1, -0.05) is 60.7 Å². The molecule has 0 spiro atoms. The Morgan fingerprint density at radius 3 is 1.92 bits per heavy atom. The summed E-state index contributed by atoms with van der Waals surface area (Å²) in [4.78, 5) is 12.6. The van der Waals surface area contributed by atoms with Crippen molar-refractivity contribution < 1.29 is 18.7 Å². The van der Waals surface area contributed by atoms with E-state index in [2.05, 4.69) is 4.37 Å². The lowest BCUT2D eigenvalue weighted by atomic mass is 10.1. The van der Waals surface area contributed by atoms with E-state index in [1.54, 1.807) is 4.90 Å². The van der Waals surface area contributed by atoms with E-state index in [-0.39, 0.29) is 5.82 Å². The van der Waals surface area contributed by atoms with E-state index in [1.165, 1.54) is 0 Å². The second-order valence-electron chi connectivity index (χ2n) is 5.68. The number of carbonyl (C=O) groups is 1. The molecule has 1 N–H and O–H groups in total. The van der Waals surface area contributed by atoms with Crippen LogP contribution in [0, 0.1) is 0 Å². The maximum atomic E-state index is 13.6. The zero-order chi connectivity index (χ0) is 18.5. The zero-order valence-corrected chi connectivity index (χ0v) is 14.5. The lowest BCUT2D eigenvalue weighted by Crippen LogP contribution is -2.24. The summed E-state index contributed by atoms with van der Waals surface area (Å²) in [6.45, 7) is 0.691. The Hall–Kier alpha value is -2.80. The molecule has 2 aromatic carbocycles. The summed E-state index contributed by atoms with van der Waals surface area (Å²) in [5, 5.41) is 9.21. The van der Waals surface area contributed by atoms with Crippen LogP contribution in [0.3, 0.4) is 0 Å². The van der Waals surface area contributed by atoms with Crippen LogP contribution in [0.2, 0.25) is 0 Å². The molecule has 0 fully saturated rings. The van der Waals surface area contributed by atoms with Crippen LogP contribution in [0.25, 0.3) is 0 Å². The first-order chi connectivity index (χ1) is 12.6. The van der Waals surface area contributed by atoms with Gasteiger partial charge in [0.15, 0.2) is 5.82 Å². The standard InChI is InChI=1S/C19H16F2N2O2S/c20-17(21)15-16(19(24)25)26-22-18(15)23(11-13-7-3-1-4-8-13)12-14-9-5-2-6-10-14/h1-10,17H,11-12H2,(H,24,25). The highest BCUT2D eigenvalue weighted by molar-refractivity contribution is 7.08. The van der Waals surface area contributed by atoms with Crippen molar-refractivity contribution in [3.8, 4) is 0 Å². The van der Waals surface area contributed by atoms with Gasteiger partial charge in [-0.2, -0.15) is 4.37 Å². The molecule has 0 aliphatic carbocycles. The Morgan fingerprint density at radius 2 is 1.50 bits per heavy atom. The van der Waals surface area contributed by atoms with Gasteiger partial charge in [0.2, 0.25) is 0 Å². The average molecular weight is 374 g/mol. The monoisotopic (exact) mass is 374 g/mol. The third-order valence-electron chi connectivity index (χ3n) is 3.85. The van der Waals surface area contributed by atoms with E-state index >= 15 is 0 Å². The summed E-state index contributed by atoms with van der Waals surface area (Å²) >= 11 is 0.591. The Morgan fingerprint density at radius 1 is 1.00 bits per heavy atom. The normalized spacial score (nSPS) is 10.9. The van der Waals surface area contributed by atoms with Crippen LogP contribution in [-0.2, 0) is 13.1 Å². The van der Waals surface area contributed by atoms with Crippen molar-refractivity contribution in [3.05, 3.63) is 82.2 Å². The van der Waals surface area contributed by atoms with Crippen LogP contribution in [0.1, 0.15) is 32.8 Å². The quantitative estimate of drug-likeness (QED) is 0.633. The van der Waals surface area contributed by atoms with Gasteiger partial charge in [-0.3, -0.25) is 0 Å². The minimum atomic E-state index is -2.91. The van der Waals surface area contributed by atoms with E-state index in [4.69, 9.17) is 0 Å².